The van der Waals surface area contributed by atoms with E-state index in [9.17, 15) is 13.6 Å². The molecule has 1 amide bonds. The monoisotopic (exact) mass is 510 g/mol. The largest absolute Gasteiger partial charge is 0.470 e. The second kappa shape index (κ2) is 9.66. The topological polar surface area (TPSA) is 92.5 Å². The van der Waals surface area contributed by atoms with Gasteiger partial charge in [-0.3, -0.25) is 9.69 Å². The van der Waals surface area contributed by atoms with Crippen LogP contribution in [0.3, 0.4) is 0 Å². The van der Waals surface area contributed by atoms with Crippen molar-refractivity contribution in [3.8, 4) is 11.6 Å². The molecular formula is C25H28F2N8O2. The van der Waals surface area contributed by atoms with Crippen LogP contribution in [0.4, 0.5) is 14.6 Å². The lowest BCUT2D eigenvalue weighted by molar-refractivity contribution is -0.142. The number of aromatic nitrogens is 5. The van der Waals surface area contributed by atoms with Crippen molar-refractivity contribution in [2.75, 3.05) is 37.6 Å². The van der Waals surface area contributed by atoms with Crippen molar-refractivity contribution in [1.29, 1.82) is 0 Å². The number of hydrogen-bond acceptors (Lipinski definition) is 8. The van der Waals surface area contributed by atoms with E-state index >= 15 is 0 Å². The summed E-state index contributed by atoms with van der Waals surface area (Å²) in [6.07, 6.45) is -0.284. The predicted molar refractivity (Wildman–Crippen MR) is 130 cm³/mol. The van der Waals surface area contributed by atoms with Gasteiger partial charge in [-0.15, -0.1) is 15.3 Å². The molecule has 6 rings (SSSR count). The first-order valence-electron chi connectivity index (χ1n) is 12.5. The third-order valence-corrected chi connectivity index (χ3v) is 7.33. The zero-order valence-electron chi connectivity index (χ0n) is 20.5. The fourth-order valence-corrected chi connectivity index (χ4v) is 5.03. The van der Waals surface area contributed by atoms with E-state index in [2.05, 4.69) is 35.2 Å². The van der Waals surface area contributed by atoms with Gasteiger partial charge >= 0.3 is 0 Å². The van der Waals surface area contributed by atoms with Crippen molar-refractivity contribution in [1.82, 2.24) is 35.0 Å². The quantitative estimate of drug-likeness (QED) is 0.479. The van der Waals surface area contributed by atoms with E-state index in [0.29, 0.717) is 41.4 Å². The molecule has 1 aliphatic carbocycles. The van der Waals surface area contributed by atoms with Crippen molar-refractivity contribution in [3.05, 3.63) is 53.3 Å². The molecule has 0 radical (unpaired) electrons. The summed E-state index contributed by atoms with van der Waals surface area (Å²) in [7, 11) is 0. The molecule has 0 spiro atoms. The first kappa shape index (κ1) is 23.7. The molecule has 10 nitrogen and oxygen atoms in total. The fraction of sp³-hybridized carbons (Fsp3) is 0.480. The summed E-state index contributed by atoms with van der Waals surface area (Å²) in [5.41, 5.74) is 1.91. The molecule has 4 heterocycles. The van der Waals surface area contributed by atoms with Crippen molar-refractivity contribution in [2.24, 2.45) is 0 Å². The van der Waals surface area contributed by atoms with Crippen molar-refractivity contribution in [2.45, 2.75) is 44.9 Å². The first-order chi connectivity index (χ1) is 18.0. The molecule has 2 aromatic heterocycles. The number of ether oxygens (including phenoxy) is 1. The summed E-state index contributed by atoms with van der Waals surface area (Å²) >= 11 is 0. The Balaban J connectivity index is 1.10. The minimum absolute atomic E-state index is 0.0525. The van der Waals surface area contributed by atoms with Gasteiger partial charge in [0, 0.05) is 50.4 Å². The number of benzene rings is 1. The molecule has 2 aliphatic heterocycles. The minimum Gasteiger partial charge on any atom is -0.470 e. The second-order valence-electron chi connectivity index (χ2n) is 9.70. The predicted octanol–water partition coefficient (Wildman–Crippen LogP) is 2.38. The van der Waals surface area contributed by atoms with Gasteiger partial charge in [0.1, 0.15) is 18.3 Å². The smallest absolute Gasteiger partial charge is 0.263 e. The van der Waals surface area contributed by atoms with E-state index in [-0.39, 0.29) is 24.1 Å². The summed E-state index contributed by atoms with van der Waals surface area (Å²) in [6.45, 7) is 5.92. The number of carbonyl (C=O) groups is 1. The number of hydrogen-bond donors (Lipinski definition) is 0. The maximum Gasteiger partial charge on any atom is 0.263 e. The third kappa shape index (κ3) is 4.73. The first-order valence-corrected chi connectivity index (χ1v) is 12.5. The maximum atomic E-state index is 13.0. The Bertz CT molecular complexity index is 1260. The highest BCUT2D eigenvalue weighted by Crippen LogP contribution is 2.31. The van der Waals surface area contributed by atoms with Gasteiger partial charge in [-0.05, 0) is 38.0 Å². The van der Waals surface area contributed by atoms with Crippen LogP contribution in [0.15, 0.2) is 36.4 Å². The van der Waals surface area contributed by atoms with Crippen LogP contribution in [-0.2, 0) is 11.4 Å². The van der Waals surface area contributed by atoms with E-state index in [1.54, 1.807) is 29.8 Å². The molecule has 1 atom stereocenters. The molecule has 0 bridgehead atoms. The van der Waals surface area contributed by atoms with Crippen molar-refractivity contribution >= 4 is 11.7 Å². The zero-order chi connectivity index (χ0) is 25.5. The van der Waals surface area contributed by atoms with Crippen LogP contribution in [-0.4, -0.2) is 85.7 Å². The van der Waals surface area contributed by atoms with Crippen molar-refractivity contribution < 1.29 is 18.3 Å². The molecule has 3 aliphatic rings. The molecule has 1 unspecified atom stereocenters. The number of aryl methyl sites for hydroxylation is 1. The number of anilines is 1. The van der Waals surface area contributed by atoms with E-state index in [1.807, 2.05) is 6.07 Å². The molecule has 2 saturated heterocycles. The molecule has 0 N–H and O–H groups in total. The third-order valence-electron chi connectivity index (χ3n) is 7.33. The average Bonchev–Trinajstić information content (AvgIpc) is 3.70. The molecule has 3 fully saturated rings. The van der Waals surface area contributed by atoms with Crippen LogP contribution in [0.2, 0.25) is 0 Å². The number of carbonyl (C=O) groups excluding carboxylic acids is 1. The SMILES string of the molecule is Cc1nnn(-c2ccc(C(F)F)cc2)c1COc1ccc(N2CCN3CCN(C4CC4)C(=O)C3C2)nn1. The number of fused-ring (bicyclic) bond motifs is 1. The summed E-state index contributed by atoms with van der Waals surface area (Å²) in [5.74, 6) is 1.29. The number of piperazine rings is 2. The second-order valence-corrected chi connectivity index (χ2v) is 9.70. The zero-order valence-corrected chi connectivity index (χ0v) is 20.5. The van der Waals surface area contributed by atoms with Gasteiger partial charge in [-0.1, -0.05) is 17.3 Å². The Hall–Kier alpha value is -3.67. The standard InChI is InChI=1S/C25H28F2N8O2/c1-16-21(35(31-28-16)19-4-2-17(3-5-19)24(26)27)15-37-23-9-8-22(29-30-23)33-11-10-32-12-13-34(18-6-7-18)25(36)20(32)14-33/h2-5,8-9,18,20,24H,6-7,10-15H2,1H3. The van der Waals surface area contributed by atoms with E-state index in [4.69, 9.17) is 4.74 Å². The Labute approximate surface area is 212 Å². The fourth-order valence-electron chi connectivity index (χ4n) is 5.03. The number of alkyl halides is 2. The van der Waals surface area contributed by atoms with Crippen LogP contribution in [0, 0.1) is 6.92 Å². The van der Waals surface area contributed by atoms with Crippen LogP contribution in [0.25, 0.3) is 5.69 Å². The summed E-state index contributed by atoms with van der Waals surface area (Å²) in [4.78, 5) is 19.5. The Morgan fingerprint density at radius 2 is 1.78 bits per heavy atom. The summed E-state index contributed by atoms with van der Waals surface area (Å²) in [6, 6.07) is 9.82. The lowest BCUT2D eigenvalue weighted by atomic mass is 10.1. The Morgan fingerprint density at radius 3 is 2.49 bits per heavy atom. The molecule has 12 heteroatoms. The number of halogens is 2. The normalized spacial score (nSPS) is 20.4. The van der Waals surface area contributed by atoms with Gasteiger partial charge in [0.05, 0.1) is 11.4 Å². The van der Waals surface area contributed by atoms with Gasteiger partial charge in [0.25, 0.3) is 6.43 Å². The highest BCUT2D eigenvalue weighted by Gasteiger charge is 2.43. The number of nitrogens with zero attached hydrogens (tertiary/aromatic N) is 8. The summed E-state index contributed by atoms with van der Waals surface area (Å²) < 4.78 is 33.2. The lowest BCUT2D eigenvalue weighted by Gasteiger charge is -2.46. The van der Waals surface area contributed by atoms with E-state index in [0.717, 1.165) is 39.0 Å². The van der Waals surface area contributed by atoms with Gasteiger partial charge in [0.2, 0.25) is 11.8 Å². The van der Waals surface area contributed by atoms with Crippen LogP contribution < -0.4 is 9.64 Å². The minimum atomic E-state index is -2.53. The Kier molecular flexibility index (Phi) is 6.19. The lowest BCUT2D eigenvalue weighted by Crippen LogP contribution is -2.65. The van der Waals surface area contributed by atoms with Gasteiger partial charge in [0.15, 0.2) is 5.82 Å². The van der Waals surface area contributed by atoms with Crippen LogP contribution in [0.1, 0.15) is 36.2 Å². The summed E-state index contributed by atoms with van der Waals surface area (Å²) in [5, 5.41) is 16.8. The molecule has 194 valence electrons. The Morgan fingerprint density at radius 1 is 1.00 bits per heavy atom. The van der Waals surface area contributed by atoms with Crippen LogP contribution >= 0.6 is 0 Å². The van der Waals surface area contributed by atoms with Crippen molar-refractivity contribution in [3.63, 3.8) is 0 Å². The highest BCUT2D eigenvalue weighted by atomic mass is 19.3. The van der Waals surface area contributed by atoms with E-state index in [1.165, 1.54) is 12.1 Å². The number of rotatable bonds is 7. The van der Waals surface area contributed by atoms with Crippen LogP contribution in [0.5, 0.6) is 5.88 Å². The van der Waals surface area contributed by atoms with Gasteiger partial charge in [-0.2, -0.15) is 0 Å². The van der Waals surface area contributed by atoms with Gasteiger partial charge in [-0.25, -0.2) is 13.5 Å². The molecule has 3 aromatic rings. The highest BCUT2D eigenvalue weighted by molar-refractivity contribution is 5.84. The average molecular weight is 511 g/mol. The molecule has 1 aromatic carbocycles. The van der Waals surface area contributed by atoms with E-state index < -0.39 is 6.43 Å². The van der Waals surface area contributed by atoms with Gasteiger partial charge < -0.3 is 14.5 Å². The maximum absolute atomic E-state index is 13.0. The molecular weight excluding hydrogens is 482 g/mol. The number of amides is 1. The molecule has 37 heavy (non-hydrogen) atoms. The molecule has 1 saturated carbocycles.